The summed E-state index contributed by atoms with van der Waals surface area (Å²) >= 11 is 7.85. The Morgan fingerprint density at radius 3 is 1.23 bits per heavy atom. The summed E-state index contributed by atoms with van der Waals surface area (Å²) in [5.74, 6) is 0. The zero-order valence-electron chi connectivity index (χ0n) is 14.1. The van der Waals surface area contributed by atoms with E-state index >= 15 is 0 Å². The van der Waals surface area contributed by atoms with Crippen LogP contribution in [0.25, 0.3) is 0 Å². The highest BCUT2D eigenvalue weighted by Crippen LogP contribution is 2.08. The van der Waals surface area contributed by atoms with Crippen LogP contribution in [0, 0.1) is 0 Å². The molecular weight excluding hydrogens is 316 g/mol. The summed E-state index contributed by atoms with van der Waals surface area (Å²) in [5, 5.41) is -0.250. The van der Waals surface area contributed by atoms with Crippen molar-refractivity contribution in [2.24, 2.45) is 0 Å². The Bertz CT molecular complexity index is 285. The zero-order chi connectivity index (χ0) is 16.8. The van der Waals surface area contributed by atoms with E-state index in [9.17, 15) is 9.59 Å². The zero-order valence-corrected chi connectivity index (χ0v) is 15.9. The van der Waals surface area contributed by atoms with Gasteiger partial charge in [0, 0.05) is 26.2 Å². The van der Waals surface area contributed by atoms with Crippen molar-refractivity contribution in [3.8, 4) is 0 Å². The number of unbranched alkanes of at least 4 members (excludes halogenated alkanes) is 5. The molecule has 2 amide bonds. The Labute approximate surface area is 146 Å². The maximum Gasteiger partial charge on any atom is 0.278 e. The van der Waals surface area contributed by atoms with Crippen molar-refractivity contribution in [2.45, 2.75) is 65.2 Å². The molecule has 0 heterocycles. The fraction of sp³-hybridized carbons (Fsp3) is 0.875. The molecule has 0 aromatic carbocycles. The van der Waals surface area contributed by atoms with Crippen molar-refractivity contribution < 1.29 is 9.59 Å². The molecule has 130 valence electrons. The van der Waals surface area contributed by atoms with Gasteiger partial charge in [0.05, 0.1) is 0 Å². The maximum atomic E-state index is 11.4. The Hall–Kier alpha value is -0.360. The minimum Gasteiger partial charge on any atom is -0.334 e. The highest BCUT2D eigenvalue weighted by Gasteiger charge is 2.09. The number of thiol groups is 2. The topological polar surface area (TPSA) is 40.6 Å². The third-order valence-electron chi connectivity index (χ3n) is 3.71. The van der Waals surface area contributed by atoms with Crippen LogP contribution in [0.5, 0.6) is 0 Å². The number of hydrogen-bond acceptors (Lipinski definition) is 2. The van der Waals surface area contributed by atoms with Crippen molar-refractivity contribution in [3.63, 3.8) is 0 Å². The molecule has 0 unspecified atom stereocenters. The second kappa shape index (κ2) is 14.2. The highest BCUT2D eigenvalue weighted by atomic mass is 32.1. The molecule has 4 nitrogen and oxygen atoms in total. The second-order valence-electron chi connectivity index (χ2n) is 5.66. The minimum absolute atomic E-state index is 0.125. The van der Waals surface area contributed by atoms with Crippen LogP contribution in [0.3, 0.4) is 0 Å². The average molecular weight is 349 g/mol. The molecule has 22 heavy (non-hydrogen) atoms. The first-order valence-corrected chi connectivity index (χ1v) is 9.38. The molecule has 0 aliphatic rings. The van der Waals surface area contributed by atoms with Crippen LogP contribution in [-0.4, -0.2) is 46.5 Å². The number of carbonyl (C=O) groups is 2. The van der Waals surface area contributed by atoms with E-state index in [-0.39, 0.29) is 10.5 Å². The smallest absolute Gasteiger partial charge is 0.278 e. The van der Waals surface area contributed by atoms with Crippen LogP contribution in [0.4, 0.5) is 9.59 Å². The molecule has 0 aliphatic carbocycles. The van der Waals surface area contributed by atoms with Crippen molar-refractivity contribution in [1.82, 2.24) is 9.80 Å². The monoisotopic (exact) mass is 348 g/mol. The summed E-state index contributed by atoms with van der Waals surface area (Å²) in [5.41, 5.74) is 0. The van der Waals surface area contributed by atoms with Gasteiger partial charge in [-0.25, -0.2) is 0 Å². The molecule has 0 aromatic heterocycles. The van der Waals surface area contributed by atoms with Gasteiger partial charge < -0.3 is 9.80 Å². The lowest BCUT2D eigenvalue weighted by Crippen LogP contribution is -2.29. The third kappa shape index (κ3) is 11.2. The molecule has 0 spiro atoms. The van der Waals surface area contributed by atoms with Crippen LogP contribution in [0.1, 0.15) is 65.2 Å². The van der Waals surface area contributed by atoms with Gasteiger partial charge in [0.2, 0.25) is 0 Å². The normalized spacial score (nSPS) is 10.5. The van der Waals surface area contributed by atoms with Gasteiger partial charge in [-0.05, 0) is 25.7 Å². The Balaban J connectivity index is 3.77. The molecule has 0 aliphatic heterocycles. The molecule has 0 N–H and O–H groups in total. The lowest BCUT2D eigenvalue weighted by Gasteiger charge is -2.21. The molecule has 0 bridgehead atoms. The van der Waals surface area contributed by atoms with E-state index in [2.05, 4.69) is 39.1 Å². The van der Waals surface area contributed by atoms with Crippen LogP contribution >= 0.6 is 25.3 Å². The van der Waals surface area contributed by atoms with E-state index in [1.807, 2.05) is 9.80 Å². The second-order valence-corrected chi connectivity index (χ2v) is 6.43. The fourth-order valence-corrected chi connectivity index (χ4v) is 2.66. The first-order chi connectivity index (χ1) is 10.5. The number of nitrogens with zero attached hydrogens (tertiary/aromatic N) is 2. The van der Waals surface area contributed by atoms with Gasteiger partial charge in [-0.3, -0.25) is 9.59 Å². The molecule has 0 aromatic rings. The molecular formula is C16H32N2O2S2. The van der Waals surface area contributed by atoms with Gasteiger partial charge >= 0.3 is 0 Å². The number of carbonyl (C=O) groups excluding carboxylic acids is 2. The van der Waals surface area contributed by atoms with E-state index in [0.29, 0.717) is 0 Å². The highest BCUT2D eigenvalue weighted by molar-refractivity contribution is 7.96. The summed E-state index contributed by atoms with van der Waals surface area (Å²) in [6.45, 7) is 7.42. The van der Waals surface area contributed by atoms with E-state index in [0.717, 1.165) is 77.5 Å². The summed E-state index contributed by atoms with van der Waals surface area (Å²) < 4.78 is 0. The molecule has 0 atom stereocenters. The Morgan fingerprint density at radius 1 is 0.636 bits per heavy atom. The fourth-order valence-electron chi connectivity index (χ4n) is 2.26. The maximum absolute atomic E-state index is 11.4. The quantitative estimate of drug-likeness (QED) is 0.369. The lowest BCUT2D eigenvalue weighted by atomic mass is 10.1. The van der Waals surface area contributed by atoms with E-state index < -0.39 is 0 Å². The van der Waals surface area contributed by atoms with E-state index in [1.165, 1.54) is 0 Å². The van der Waals surface area contributed by atoms with E-state index in [4.69, 9.17) is 0 Å². The molecule has 6 heteroatoms. The van der Waals surface area contributed by atoms with Crippen LogP contribution < -0.4 is 0 Å². The molecule has 0 rings (SSSR count). The summed E-state index contributed by atoms with van der Waals surface area (Å²) in [7, 11) is 0. The molecule has 0 saturated heterocycles. The first kappa shape index (κ1) is 21.6. The molecule has 0 radical (unpaired) electrons. The van der Waals surface area contributed by atoms with Crippen molar-refractivity contribution in [3.05, 3.63) is 0 Å². The standard InChI is InChI=1S/C16H32N2O2S2/c1-3-5-11-17(15(19)21)13-9-7-8-10-14-18(16(20)22)12-6-4-2/h3-14H2,1-2H3,(H,19,21)(H,20,22). The molecule has 0 saturated carbocycles. The lowest BCUT2D eigenvalue weighted by molar-refractivity contribution is 0.218. The Kier molecular flexibility index (Phi) is 14.0. The van der Waals surface area contributed by atoms with Crippen molar-refractivity contribution in [2.75, 3.05) is 26.2 Å². The summed E-state index contributed by atoms with van der Waals surface area (Å²) in [4.78, 5) is 26.4. The SMILES string of the molecule is CCCCN(CCCCCCN(CCCC)C(=O)S)C(=O)S. The van der Waals surface area contributed by atoms with Crippen LogP contribution in [-0.2, 0) is 0 Å². The largest absolute Gasteiger partial charge is 0.334 e. The van der Waals surface area contributed by atoms with Crippen LogP contribution in [0.2, 0.25) is 0 Å². The van der Waals surface area contributed by atoms with Crippen molar-refractivity contribution >= 4 is 35.7 Å². The van der Waals surface area contributed by atoms with Gasteiger partial charge in [0.15, 0.2) is 0 Å². The summed E-state index contributed by atoms with van der Waals surface area (Å²) in [6, 6.07) is 0. The predicted molar refractivity (Wildman–Crippen MR) is 100 cm³/mol. The number of rotatable bonds is 13. The van der Waals surface area contributed by atoms with E-state index in [1.54, 1.807) is 0 Å². The molecule has 0 fully saturated rings. The Morgan fingerprint density at radius 2 is 0.955 bits per heavy atom. The van der Waals surface area contributed by atoms with Gasteiger partial charge in [0.1, 0.15) is 0 Å². The number of hydrogen-bond donors (Lipinski definition) is 2. The first-order valence-electron chi connectivity index (χ1n) is 8.48. The van der Waals surface area contributed by atoms with Crippen molar-refractivity contribution in [1.29, 1.82) is 0 Å². The third-order valence-corrected chi connectivity index (χ3v) is 4.28. The van der Waals surface area contributed by atoms with Gasteiger partial charge in [-0.2, -0.15) is 0 Å². The predicted octanol–water partition coefficient (Wildman–Crippen LogP) is 4.85. The summed E-state index contributed by atoms with van der Waals surface area (Å²) in [6.07, 6.45) is 8.38. The van der Waals surface area contributed by atoms with Gasteiger partial charge in [-0.15, -0.1) is 0 Å². The van der Waals surface area contributed by atoms with Crippen LogP contribution in [0.15, 0.2) is 0 Å². The van der Waals surface area contributed by atoms with Gasteiger partial charge in [0.25, 0.3) is 10.5 Å². The average Bonchev–Trinajstić information content (AvgIpc) is 2.47. The van der Waals surface area contributed by atoms with Gasteiger partial charge in [-0.1, -0.05) is 64.8 Å². The number of amides is 2. The minimum atomic E-state index is -0.125.